The molecule has 4 aliphatic heterocycles. The highest BCUT2D eigenvalue weighted by molar-refractivity contribution is 6.07. The molecule has 4 aliphatic rings. The number of alkyl halides is 6. The van der Waals surface area contributed by atoms with Crippen LogP contribution < -0.4 is 21.3 Å². The van der Waals surface area contributed by atoms with Gasteiger partial charge in [-0.05, 0) is 110 Å². The molecule has 4 fully saturated rings. The molecule has 0 saturated carbocycles. The molecule has 0 bridgehead atoms. The van der Waals surface area contributed by atoms with Crippen molar-refractivity contribution in [2.24, 2.45) is 0 Å². The Morgan fingerprint density at radius 1 is 0.377 bits per heavy atom. The molecule has 6 amide bonds. The third-order valence-corrected chi connectivity index (χ3v) is 21.5. The van der Waals surface area contributed by atoms with Crippen LogP contribution in [-0.4, -0.2) is 256 Å². The first-order valence-electron chi connectivity index (χ1n) is 42.7. The number of hydrogen-bond donors (Lipinski definition) is 10. The molecule has 0 unspecified atom stereocenters. The summed E-state index contributed by atoms with van der Waals surface area (Å²) in [4.78, 5) is 116. The van der Waals surface area contributed by atoms with E-state index in [9.17, 15) is 55.1 Å². The van der Waals surface area contributed by atoms with Crippen molar-refractivity contribution in [1.29, 1.82) is 0 Å². The molecule has 10 N–H and O–H groups in total. The van der Waals surface area contributed by atoms with Gasteiger partial charge in [0.15, 0.2) is 23.0 Å². The van der Waals surface area contributed by atoms with Crippen LogP contribution in [-0.2, 0) is 19.2 Å². The molecule has 0 spiro atoms. The predicted molar refractivity (Wildman–Crippen MR) is 480 cm³/mol. The maximum Gasteiger partial charge on any atom is 0.401 e. The summed E-state index contributed by atoms with van der Waals surface area (Å²) >= 11 is 0. The maximum atomic E-state index is 12.9. The number of pyridine rings is 4. The van der Waals surface area contributed by atoms with E-state index in [0.29, 0.717) is 141 Å². The zero-order valence-electron chi connectivity index (χ0n) is 73.2. The average molecular weight is 1900 g/mol. The van der Waals surface area contributed by atoms with Crippen molar-refractivity contribution in [1.82, 2.24) is 119 Å². The Morgan fingerprint density at radius 2 is 0.616 bits per heavy atom. The fourth-order valence-corrected chi connectivity index (χ4v) is 14.8. The second kappa shape index (κ2) is 43.6. The van der Waals surface area contributed by atoms with Crippen LogP contribution in [0.15, 0.2) is 238 Å². The Hall–Kier alpha value is -17.3. The minimum absolute atomic E-state index is 0.0511. The van der Waals surface area contributed by atoms with Gasteiger partial charge in [0, 0.05) is 140 Å². The molecule has 20 heterocycles. The monoisotopic (exact) mass is 1900 g/mol. The molecule has 0 atom stereocenters. The van der Waals surface area contributed by atoms with Crippen molar-refractivity contribution < 1.29 is 92.6 Å². The SMILES string of the molecule is CCCC(=O)N1CC(n2cc(NC(=O)c3ccc(-c4cn[nH]c4)o3)c(-c3ccccn3)n2)C1.CCCC(=O)N1CC(n2cc(NC(=O)c3ccc(-c4cn[nH]c4)o3)c(-c3ccccn3)n2)C1.O=C(Nc1cn(C2CN(CC(F)(F)F)C2)nc1-c1ccccn1)c1ccc(-c2cn[nH]c2)o1.O=C(Nc1cn(C2CN(CC(F)(F)F)C2)nc1-c1ccccn1)c1ccc(-c2cn[nH]c2)o1.O=CO.O=CO. The number of carbonyl (C=O) groups is 8. The molecule has 0 radical (unpaired) electrons. The topological polar surface area (TPSA) is 528 Å². The number of rotatable bonds is 26. The normalized spacial score (nSPS) is 13.8. The number of hydrogen-bond acceptors (Lipinski definition) is 26. The average Bonchev–Trinajstić information content (AvgIpc) is 1.64. The first-order chi connectivity index (χ1) is 66.8. The van der Waals surface area contributed by atoms with Crippen molar-refractivity contribution in [2.75, 3.05) is 86.7 Å². The van der Waals surface area contributed by atoms with Crippen molar-refractivity contribution >= 4 is 71.1 Å². The molecular formula is C90H86F6N28O14. The number of aromatic amines is 4. The molecule has 0 aromatic carbocycles. The van der Waals surface area contributed by atoms with Crippen LogP contribution in [0.2, 0.25) is 0 Å². The summed E-state index contributed by atoms with van der Waals surface area (Å²) in [7, 11) is 0. The Kier molecular flexibility index (Phi) is 30.1. The van der Waals surface area contributed by atoms with Gasteiger partial charge in [0.05, 0.1) is 130 Å². The lowest BCUT2D eigenvalue weighted by atomic mass is 10.1. The van der Waals surface area contributed by atoms with Gasteiger partial charge in [0.25, 0.3) is 36.6 Å². The summed E-state index contributed by atoms with van der Waals surface area (Å²) in [5.74, 6) is 1.11. The van der Waals surface area contributed by atoms with E-state index >= 15 is 0 Å². The molecule has 0 aliphatic carbocycles. The van der Waals surface area contributed by atoms with Gasteiger partial charge in [0.1, 0.15) is 45.8 Å². The van der Waals surface area contributed by atoms with Gasteiger partial charge in [-0.15, -0.1) is 0 Å². The van der Waals surface area contributed by atoms with Gasteiger partial charge in [0.2, 0.25) is 11.8 Å². The van der Waals surface area contributed by atoms with Crippen LogP contribution in [0.3, 0.4) is 0 Å². The van der Waals surface area contributed by atoms with Crippen molar-refractivity contribution in [2.45, 2.75) is 76.1 Å². The molecule has 712 valence electrons. The van der Waals surface area contributed by atoms with E-state index in [2.05, 4.69) is 92.2 Å². The second-order valence-electron chi connectivity index (χ2n) is 31.3. The molecular weight excluding hydrogens is 1810 g/mol. The zero-order valence-corrected chi connectivity index (χ0v) is 73.2. The van der Waals surface area contributed by atoms with Gasteiger partial charge < -0.3 is 58.9 Å². The highest BCUT2D eigenvalue weighted by atomic mass is 19.4. The van der Waals surface area contributed by atoms with Crippen LogP contribution in [0.1, 0.15) is 106 Å². The third-order valence-electron chi connectivity index (χ3n) is 21.5. The summed E-state index contributed by atoms with van der Waals surface area (Å²) in [6, 6.07) is 34.3. The van der Waals surface area contributed by atoms with Crippen molar-refractivity contribution in [3.8, 4) is 90.8 Å². The smallest absolute Gasteiger partial charge is 0.401 e. The summed E-state index contributed by atoms with van der Waals surface area (Å²) in [6.07, 6.45) is 20.7. The van der Waals surface area contributed by atoms with Gasteiger partial charge in [-0.2, -0.15) is 67.1 Å². The van der Waals surface area contributed by atoms with Crippen molar-refractivity contribution in [3.63, 3.8) is 0 Å². The first kappa shape index (κ1) is 95.3. The van der Waals surface area contributed by atoms with Crippen LogP contribution in [0.5, 0.6) is 0 Å². The van der Waals surface area contributed by atoms with E-state index in [-0.39, 0.29) is 98.1 Å². The summed E-state index contributed by atoms with van der Waals surface area (Å²) in [5, 5.41) is 69.9. The zero-order chi connectivity index (χ0) is 97.0. The number of carbonyl (C=O) groups excluding carboxylic acids is 6. The Balaban J connectivity index is 0.000000137. The molecule has 16 aromatic heterocycles. The minimum atomic E-state index is -4.24. The summed E-state index contributed by atoms with van der Waals surface area (Å²) < 4.78 is 105. The fourth-order valence-electron chi connectivity index (χ4n) is 14.8. The number of halogens is 6. The number of likely N-dealkylation sites (tertiary alicyclic amines) is 4. The number of aromatic nitrogens is 20. The number of nitrogens with one attached hydrogen (secondary N) is 8. The number of furan rings is 4. The number of amides is 6. The minimum Gasteiger partial charge on any atom is -0.483 e. The van der Waals surface area contributed by atoms with E-state index < -0.39 is 49.1 Å². The fraction of sp³-hybridized carbons (Fsp3) is 0.244. The van der Waals surface area contributed by atoms with Crippen LogP contribution in [0, 0.1) is 0 Å². The summed E-state index contributed by atoms with van der Waals surface area (Å²) in [6.45, 7) is 4.81. The summed E-state index contributed by atoms with van der Waals surface area (Å²) in [5.41, 5.74) is 9.01. The number of H-pyrrole nitrogens is 4. The standard InChI is InChI=1S/2C23H23N7O3.2C21H18F3N7O2.2CH2O2/c2*1-2-5-21(31)29-12-16(13-29)30-14-18(22(28-30)17-6-3-4-9-24-17)27-23(32)20-8-7-19(33-20)15-10-25-26-11-15;2*22-21(23,24)12-30-9-14(10-30)31-11-16(19(29-31)15-3-1-2-6-25-15)28-20(32)18-5-4-17(33-18)13-7-26-27-8-13;2*2-1-3/h2*3-4,6-11,14,16H,2,5,12-13H2,1H3,(H,25,26)(H,27,32);2*1-8,11,14H,9-10,12H2,(H,26,27)(H,28,32);2*1H,(H,2,3). The largest absolute Gasteiger partial charge is 0.483 e. The first-order valence-corrected chi connectivity index (χ1v) is 42.7. The van der Waals surface area contributed by atoms with Gasteiger partial charge in [-0.3, -0.25) is 107 Å². The number of carboxylic acid groups (broad SMARTS) is 2. The lowest BCUT2D eigenvalue weighted by molar-refractivity contribution is -0.158. The van der Waals surface area contributed by atoms with Gasteiger partial charge in [-0.1, -0.05) is 38.1 Å². The molecule has 138 heavy (non-hydrogen) atoms. The number of nitrogens with zero attached hydrogens (tertiary/aromatic N) is 20. The maximum absolute atomic E-state index is 12.9. The molecule has 20 rings (SSSR count). The van der Waals surface area contributed by atoms with E-state index in [1.165, 1.54) is 9.80 Å². The number of anilines is 4. The predicted octanol–water partition coefficient (Wildman–Crippen LogP) is 13.3. The Labute approximate surface area is 776 Å². The lowest BCUT2D eigenvalue weighted by Crippen LogP contribution is -2.51. The van der Waals surface area contributed by atoms with E-state index in [1.807, 2.05) is 60.0 Å². The highest BCUT2D eigenvalue weighted by Gasteiger charge is 2.42. The third kappa shape index (κ3) is 23.8. The van der Waals surface area contributed by atoms with Crippen LogP contribution >= 0.6 is 0 Å². The van der Waals surface area contributed by atoms with E-state index in [0.717, 1.165) is 24.0 Å². The molecule has 16 aromatic rings. The van der Waals surface area contributed by atoms with E-state index in [1.54, 1.807) is 203 Å². The van der Waals surface area contributed by atoms with E-state index in [4.69, 9.17) is 47.7 Å². The van der Waals surface area contributed by atoms with Crippen molar-refractivity contribution in [3.05, 3.63) is 244 Å². The van der Waals surface area contributed by atoms with Gasteiger partial charge >= 0.3 is 12.4 Å². The van der Waals surface area contributed by atoms with Crippen LogP contribution in [0.4, 0.5) is 49.1 Å². The van der Waals surface area contributed by atoms with Crippen LogP contribution in [0.25, 0.3) is 90.8 Å². The highest BCUT2D eigenvalue weighted by Crippen LogP contribution is 2.38. The Morgan fingerprint density at radius 3 is 0.819 bits per heavy atom. The molecule has 4 saturated heterocycles. The van der Waals surface area contributed by atoms with Gasteiger partial charge in [-0.25, -0.2) is 0 Å². The Bertz CT molecular complexity index is 6310. The molecule has 42 nitrogen and oxygen atoms in total. The lowest BCUT2D eigenvalue weighted by Gasteiger charge is -2.39. The second-order valence-corrected chi connectivity index (χ2v) is 31.3. The quantitative estimate of drug-likeness (QED) is 0.0178. The molecule has 48 heteroatoms.